The van der Waals surface area contributed by atoms with Crippen LogP contribution in [0.4, 0.5) is 0 Å². The molecule has 0 saturated heterocycles. The highest BCUT2D eigenvalue weighted by Crippen LogP contribution is 2.10. The van der Waals surface area contributed by atoms with Crippen molar-refractivity contribution in [3.8, 4) is 0 Å². The van der Waals surface area contributed by atoms with Crippen molar-refractivity contribution in [3.63, 3.8) is 0 Å². The molecule has 0 amide bonds. The number of benzene rings is 1. The largest absolute Gasteiger partial charge is 0.319 e. The van der Waals surface area contributed by atoms with Gasteiger partial charge in [-0.3, -0.25) is 4.79 Å². The third kappa shape index (κ3) is 2.39. The van der Waals surface area contributed by atoms with Crippen molar-refractivity contribution < 1.29 is 4.79 Å². The van der Waals surface area contributed by atoms with Crippen LogP contribution in [0.1, 0.15) is 29.8 Å². The van der Waals surface area contributed by atoms with Crippen molar-refractivity contribution in [1.29, 1.82) is 0 Å². The van der Waals surface area contributed by atoms with Gasteiger partial charge in [0.15, 0.2) is 5.78 Å². The molecule has 1 aromatic rings. The van der Waals surface area contributed by atoms with Crippen LogP contribution in [0.2, 0.25) is 0 Å². The molecular weight excluding hydrogens is 162 g/mol. The van der Waals surface area contributed by atoms with Crippen molar-refractivity contribution in [3.05, 3.63) is 35.4 Å². The first-order valence-electron chi connectivity index (χ1n) is 4.31. The number of aryl methyl sites for hydroxylation is 1. The van der Waals surface area contributed by atoms with E-state index in [1.807, 2.05) is 31.2 Å². The topological polar surface area (TPSA) is 43.1 Å². The Labute approximate surface area is 78.8 Å². The summed E-state index contributed by atoms with van der Waals surface area (Å²) in [5.41, 5.74) is 6.74. The molecule has 2 heteroatoms. The Bertz CT molecular complexity index is 306. The van der Waals surface area contributed by atoms with Gasteiger partial charge >= 0.3 is 0 Å². The molecule has 0 atom stereocenters. The van der Waals surface area contributed by atoms with Gasteiger partial charge in [0.25, 0.3) is 0 Å². The highest BCUT2D eigenvalue weighted by Gasteiger charge is 2.22. The fourth-order valence-electron chi connectivity index (χ4n) is 1.08. The van der Waals surface area contributed by atoms with E-state index in [0.717, 1.165) is 5.56 Å². The maximum absolute atomic E-state index is 11.7. The maximum atomic E-state index is 11.7. The molecule has 0 saturated carbocycles. The number of carbonyl (C=O) groups excluding carboxylic acids is 1. The Morgan fingerprint density at radius 3 is 2.08 bits per heavy atom. The number of ketones is 1. The fourth-order valence-corrected chi connectivity index (χ4v) is 1.08. The number of hydrogen-bond donors (Lipinski definition) is 1. The number of hydrogen-bond acceptors (Lipinski definition) is 2. The van der Waals surface area contributed by atoms with Crippen LogP contribution in [0.5, 0.6) is 0 Å². The monoisotopic (exact) mass is 177 g/mol. The van der Waals surface area contributed by atoms with Gasteiger partial charge in [-0.2, -0.15) is 0 Å². The van der Waals surface area contributed by atoms with E-state index in [1.165, 1.54) is 0 Å². The SMILES string of the molecule is Cc1ccc(C(=O)C(C)(C)N)cc1. The van der Waals surface area contributed by atoms with Gasteiger partial charge in [-0.15, -0.1) is 0 Å². The number of Topliss-reactive ketones (excluding diaryl/α,β-unsaturated/α-hetero) is 1. The van der Waals surface area contributed by atoms with Crippen LogP contribution in [0, 0.1) is 6.92 Å². The predicted octanol–water partition coefficient (Wildman–Crippen LogP) is 1.92. The lowest BCUT2D eigenvalue weighted by Gasteiger charge is -2.16. The predicted molar refractivity (Wildman–Crippen MR) is 53.8 cm³/mol. The second kappa shape index (κ2) is 3.30. The zero-order valence-corrected chi connectivity index (χ0v) is 8.29. The first-order valence-corrected chi connectivity index (χ1v) is 4.31. The molecule has 0 aliphatic heterocycles. The van der Waals surface area contributed by atoms with Gasteiger partial charge in [-0.25, -0.2) is 0 Å². The second-order valence-electron chi connectivity index (χ2n) is 3.92. The Balaban J connectivity index is 2.97. The van der Waals surface area contributed by atoms with Gasteiger partial charge in [-0.1, -0.05) is 29.8 Å². The molecule has 0 spiro atoms. The first kappa shape index (κ1) is 9.93. The number of rotatable bonds is 2. The highest BCUT2D eigenvalue weighted by atomic mass is 16.1. The average Bonchev–Trinajstić information content (AvgIpc) is 2.03. The lowest BCUT2D eigenvalue weighted by Crippen LogP contribution is -2.41. The summed E-state index contributed by atoms with van der Waals surface area (Å²) in [6.45, 7) is 5.42. The molecule has 1 aromatic carbocycles. The average molecular weight is 177 g/mol. The van der Waals surface area contributed by atoms with E-state index in [0.29, 0.717) is 5.56 Å². The summed E-state index contributed by atoms with van der Waals surface area (Å²) in [6.07, 6.45) is 0. The van der Waals surface area contributed by atoms with Crippen LogP contribution < -0.4 is 5.73 Å². The molecule has 2 nitrogen and oxygen atoms in total. The Hall–Kier alpha value is -1.15. The van der Waals surface area contributed by atoms with Gasteiger partial charge in [0, 0.05) is 5.56 Å². The maximum Gasteiger partial charge on any atom is 0.182 e. The Kier molecular flexibility index (Phi) is 2.52. The molecule has 0 unspecified atom stereocenters. The minimum atomic E-state index is -0.782. The molecule has 0 radical (unpaired) electrons. The summed E-state index contributed by atoms with van der Waals surface area (Å²) in [5.74, 6) is -0.0208. The second-order valence-corrected chi connectivity index (χ2v) is 3.92. The molecule has 0 aliphatic rings. The van der Waals surface area contributed by atoms with E-state index in [1.54, 1.807) is 13.8 Å². The molecule has 70 valence electrons. The zero-order chi connectivity index (χ0) is 10.1. The molecule has 0 fully saturated rings. The summed E-state index contributed by atoms with van der Waals surface area (Å²) in [5, 5.41) is 0. The van der Waals surface area contributed by atoms with Crippen LogP contribution in [-0.2, 0) is 0 Å². The van der Waals surface area contributed by atoms with Gasteiger partial charge < -0.3 is 5.73 Å². The van der Waals surface area contributed by atoms with E-state index >= 15 is 0 Å². The molecular formula is C11H15NO. The summed E-state index contributed by atoms with van der Waals surface area (Å²) >= 11 is 0. The van der Waals surface area contributed by atoms with Gasteiger partial charge in [0.1, 0.15) is 0 Å². The van der Waals surface area contributed by atoms with E-state index in [-0.39, 0.29) is 5.78 Å². The van der Waals surface area contributed by atoms with E-state index in [9.17, 15) is 4.79 Å². The summed E-state index contributed by atoms with van der Waals surface area (Å²) in [7, 11) is 0. The van der Waals surface area contributed by atoms with E-state index < -0.39 is 5.54 Å². The highest BCUT2D eigenvalue weighted by molar-refractivity contribution is 6.02. The normalized spacial score (nSPS) is 11.4. The Morgan fingerprint density at radius 1 is 1.23 bits per heavy atom. The van der Waals surface area contributed by atoms with Gasteiger partial charge in [0.2, 0.25) is 0 Å². The first-order chi connectivity index (χ1) is 5.91. The smallest absolute Gasteiger partial charge is 0.182 e. The van der Waals surface area contributed by atoms with Crippen LogP contribution in [0.3, 0.4) is 0 Å². The quantitative estimate of drug-likeness (QED) is 0.701. The molecule has 0 aromatic heterocycles. The molecule has 13 heavy (non-hydrogen) atoms. The van der Waals surface area contributed by atoms with Crippen molar-refractivity contribution in [1.82, 2.24) is 0 Å². The third-order valence-electron chi connectivity index (χ3n) is 1.90. The van der Waals surface area contributed by atoms with Gasteiger partial charge in [0.05, 0.1) is 5.54 Å². The third-order valence-corrected chi connectivity index (χ3v) is 1.90. The fraction of sp³-hybridized carbons (Fsp3) is 0.364. The van der Waals surface area contributed by atoms with Crippen LogP contribution in [0.15, 0.2) is 24.3 Å². The molecule has 0 aliphatic carbocycles. The summed E-state index contributed by atoms with van der Waals surface area (Å²) in [4.78, 5) is 11.7. The molecule has 2 N–H and O–H groups in total. The van der Waals surface area contributed by atoms with Crippen molar-refractivity contribution in [2.45, 2.75) is 26.3 Å². The van der Waals surface area contributed by atoms with Gasteiger partial charge in [-0.05, 0) is 20.8 Å². The van der Waals surface area contributed by atoms with Crippen molar-refractivity contribution >= 4 is 5.78 Å². The standard InChI is InChI=1S/C11H15NO/c1-8-4-6-9(7-5-8)10(13)11(2,3)12/h4-7H,12H2,1-3H3. The van der Waals surface area contributed by atoms with E-state index in [2.05, 4.69) is 0 Å². The van der Waals surface area contributed by atoms with E-state index in [4.69, 9.17) is 5.73 Å². The minimum Gasteiger partial charge on any atom is -0.319 e. The molecule has 1 rings (SSSR count). The van der Waals surface area contributed by atoms with Crippen LogP contribution in [0.25, 0.3) is 0 Å². The lowest BCUT2D eigenvalue weighted by atomic mass is 9.94. The molecule has 0 bridgehead atoms. The van der Waals surface area contributed by atoms with Crippen molar-refractivity contribution in [2.75, 3.05) is 0 Å². The minimum absolute atomic E-state index is 0.0208. The zero-order valence-electron chi connectivity index (χ0n) is 8.29. The van der Waals surface area contributed by atoms with Crippen LogP contribution >= 0.6 is 0 Å². The van der Waals surface area contributed by atoms with Crippen LogP contribution in [-0.4, -0.2) is 11.3 Å². The Morgan fingerprint density at radius 2 is 1.69 bits per heavy atom. The number of nitrogens with two attached hydrogens (primary N) is 1. The van der Waals surface area contributed by atoms with Crippen molar-refractivity contribution in [2.24, 2.45) is 5.73 Å². The number of carbonyl (C=O) groups is 1. The lowest BCUT2D eigenvalue weighted by molar-refractivity contribution is 0.0913. The summed E-state index contributed by atoms with van der Waals surface area (Å²) < 4.78 is 0. The summed E-state index contributed by atoms with van der Waals surface area (Å²) in [6, 6.07) is 7.45. The molecule has 0 heterocycles.